The highest BCUT2D eigenvalue weighted by Gasteiger charge is 2.06. The van der Waals surface area contributed by atoms with Gasteiger partial charge in [0.15, 0.2) is 0 Å². The number of aryl methyl sites for hydroxylation is 1. The van der Waals surface area contributed by atoms with Gasteiger partial charge in [-0.15, -0.1) is 0 Å². The van der Waals surface area contributed by atoms with Crippen LogP contribution in [0.5, 0.6) is 0 Å². The first-order chi connectivity index (χ1) is 9.52. The van der Waals surface area contributed by atoms with Gasteiger partial charge >= 0.3 is 12.0 Å². The van der Waals surface area contributed by atoms with Crippen LogP contribution in [0.15, 0.2) is 30.7 Å². The molecule has 3 N–H and O–H groups in total. The fraction of sp³-hybridized carbons (Fsp3) is 0.167. The number of carbonyl (C=O) groups is 2. The van der Waals surface area contributed by atoms with Crippen molar-refractivity contribution in [1.29, 1.82) is 0 Å². The van der Waals surface area contributed by atoms with Crippen molar-refractivity contribution >= 4 is 23.4 Å². The molecule has 8 heteroatoms. The smallest absolute Gasteiger partial charge is 0.325 e. The van der Waals surface area contributed by atoms with Crippen molar-refractivity contribution in [3.8, 4) is 0 Å². The number of anilines is 2. The van der Waals surface area contributed by atoms with Crippen LogP contribution < -0.4 is 10.6 Å². The fourth-order valence-corrected chi connectivity index (χ4v) is 1.49. The van der Waals surface area contributed by atoms with Crippen LogP contribution in [0.2, 0.25) is 0 Å². The number of pyridine rings is 1. The molecule has 2 heterocycles. The highest BCUT2D eigenvalue weighted by molar-refractivity contribution is 5.99. The highest BCUT2D eigenvalue weighted by Crippen LogP contribution is 2.08. The molecule has 0 unspecified atom stereocenters. The van der Waals surface area contributed by atoms with Crippen LogP contribution >= 0.6 is 0 Å². The Morgan fingerprint density at radius 1 is 1.25 bits per heavy atom. The van der Waals surface area contributed by atoms with Gasteiger partial charge in [0.05, 0.1) is 23.8 Å². The van der Waals surface area contributed by atoms with E-state index in [1.54, 1.807) is 18.3 Å². The van der Waals surface area contributed by atoms with Gasteiger partial charge in [-0.05, 0) is 19.1 Å². The van der Waals surface area contributed by atoms with Gasteiger partial charge in [0.2, 0.25) is 0 Å². The van der Waals surface area contributed by atoms with Gasteiger partial charge in [0, 0.05) is 11.9 Å². The normalized spacial score (nSPS) is 10.1. The molecule has 20 heavy (non-hydrogen) atoms. The Kier molecular flexibility index (Phi) is 3.94. The van der Waals surface area contributed by atoms with E-state index in [1.165, 1.54) is 17.1 Å². The minimum absolute atomic E-state index is 0.259. The SMILES string of the molecule is Cc1ccc(NC(=O)Nc2cnn(CC(=O)O)c2)cn1. The van der Waals surface area contributed by atoms with Gasteiger partial charge in [-0.2, -0.15) is 5.10 Å². The minimum atomic E-state index is -1.00. The number of nitrogens with zero attached hydrogens (tertiary/aromatic N) is 3. The van der Waals surface area contributed by atoms with E-state index in [0.29, 0.717) is 11.4 Å². The molecule has 0 aliphatic rings. The number of aromatic nitrogens is 3. The standard InChI is InChI=1S/C12H13N5O3/c1-8-2-3-9(4-13-8)15-12(20)16-10-5-14-17(6-10)7-11(18)19/h2-6H,7H2,1H3,(H,18,19)(H2,15,16,20). The summed E-state index contributed by atoms with van der Waals surface area (Å²) in [6.07, 6.45) is 4.35. The Morgan fingerprint density at radius 2 is 2.00 bits per heavy atom. The lowest BCUT2D eigenvalue weighted by Crippen LogP contribution is -2.19. The maximum Gasteiger partial charge on any atom is 0.325 e. The van der Waals surface area contributed by atoms with Crippen LogP contribution in [0.25, 0.3) is 0 Å². The Balaban J connectivity index is 1.92. The number of hydrogen-bond donors (Lipinski definition) is 3. The molecule has 8 nitrogen and oxygen atoms in total. The molecule has 2 aromatic heterocycles. The van der Waals surface area contributed by atoms with Crippen LogP contribution in [0, 0.1) is 6.92 Å². The van der Waals surface area contributed by atoms with E-state index in [9.17, 15) is 9.59 Å². The predicted molar refractivity (Wildman–Crippen MR) is 71.5 cm³/mol. The number of hydrogen-bond acceptors (Lipinski definition) is 4. The lowest BCUT2D eigenvalue weighted by atomic mass is 10.3. The monoisotopic (exact) mass is 275 g/mol. The van der Waals surface area contributed by atoms with Gasteiger partial charge in [-0.3, -0.25) is 14.5 Å². The van der Waals surface area contributed by atoms with E-state index < -0.39 is 12.0 Å². The molecule has 0 fully saturated rings. The first-order valence-electron chi connectivity index (χ1n) is 5.78. The maximum absolute atomic E-state index is 11.7. The third-order valence-corrected chi connectivity index (χ3v) is 2.36. The topological polar surface area (TPSA) is 109 Å². The van der Waals surface area contributed by atoms with E-state index >= 15 is 0 Å². The summed E-state index contributed by atoms with van der Waals surface area (Å²) in [5.41, 5.74) is 1.82. The van der Waals surface area contributed by atoms with E-state index in [1.807, 2.05) is 6.92 Å². The number of carboxylic acid groups (broad SMARTS) is 1. The summed E-state index contributed by atoms with van der Waals surface area (Å²) >= 11 is 0. The molecule has 0 aliphatic heterocycles. The van der Waals surface area contributed by atoms with Crippen molar-refractivity contribution in [2.75, 3.05) is 10.6 Å². The lowest BCUT2D eigenvalue weighted by Gasteiger charge is -2.05. The average molecular weight is 275 g/mol. The molecule has 2 amide bonds. The van der Waals surface area contributed by atoms with Crippen molar-refractivity contribution in [1.82, 2.24) is 14.8 Å². The molecule has 2 aromatic rings. The van der Waals surface area contributed by atoms with E-state index in [4.69, 9.17) is 5.11 Å². The highest BCUT2D eigenvalue weighted by atomic mass is 16.4. The molecule has 0 atom stereocenters. The molecule has 0 bridgehead atoms. The number of aliphatic carboxylic acids is 1. The molecule has 0 radical (unpaired) electrons. The largest absolute Gasteiger partial charge is 0.480 e. The summed E-state index contributed by atoms with van der Waals surface area (Å²) in [7, 11) is 0. The zero-order chi connectivity index (χ0) is 14.5. The van der Waals surface area contributed by atoms with Crippen LogP contribution in [-0.4, -0.2) is 31.9 Å². The Hall–Kier alpha value is -2.90. The van der Waals surface area contributed by atoms with Crippen LogP contribution in [0.4, 0.5) is 16.2 Å². The summed E-state index contributed by atoms with van der Waals surface area (Å²) in [4.78, 5) is 26.2. The Bertz CT molecular complexity index is 620. The summed E-state index contributed by atoms with van der Waals surface area (Å²) in [6.45, 7) is 1.59. The first-order valence-corrected chi connectivity index (χ1v) is 5.78. The second-order valence-corrected chi connectivity index (χ2v) is 4.09. The van der Waals surface area contributed by atoms with Crippen molar-refractivity contribution < 1.29 is 14.7 Å². The van der Waals surface area contributed by atoms with Gasteiger partial charge in [-0.1, -0.05) is 0 Å². The molecular weight excluding hydrogens is 262 g/mol. The molecule has 0 saturated carbocycles. The maximum atomic E-state index is 11.7. The van der Waals surface area contributed by atoms with Gasteiger partial charge in [-0.25, -0.2) is 4.79 Å². The van der Waals surface area contributed by atoms with Crippen LogP contribution in [0.1, 0.15) is 5.69 Å². The second-order valence-electron chi connectivity index (χ2n) is 4.09. The molecule has 0 aromatic carbocycles. The van der Waals surface area contributed by atoms with Crippen molar-refractivity contribution in [3.63, 3.8) is 0 Å². The van der Waals surface area contributed by atoms with Gasteiger partial charge < -0.3 is 15.7 Å². The number of rotatable bonds is 4. The van der Waals surface area contributed by atoms with Gasteiger partial charge in [0.25, 0.3) is 0 Å². The quantitative estimate of drug-likeness (QED) is 0.779. The summed E-state index contributed by atoms with van der Waals surface area (Å²) in [5, 5.41) is 17.6. The van der Waals surface area contributed by atoms with Crippen molar-refractivity contribution in [3.05, 3.63) is 36.4 Å². The van der Waals surface area contributed by atoms with Gasteiger partial charge in [0.1, 0.15) is 6.54 Å². The zero-order valence-corrected chi connectivity index (χ0v) is 10.7. The van der Waals surface area contributed by atoms with Crippen LogP contribution in [-0.2, 0) is 11.3 Å². The predicted octanol–water partition coefficient (Wildman–Crippen LogP) is 1.32. The minimum Gasteiger partial charge on any atom is -0.480 e. The Labute approximate surface area is 114 Å². The fourth-order valence-electron chi connectivity index (χ4n) is 1.49. The molecule has 0 saturated heterocycles. The van der Waals surface area contributed by atoms with E-state index in [2.05, 4.69) is 20.7 Å². The number of amides is 2. The second kappa shape index (κ2) is 5.83. The third kappa shape index (κ3) is 3.80. The lowest BCUT2D eigenvalue weighted by molar-refractivity contribution is -0.137. The molecule has 2 rings (SSSR count). The van der Waals surface area contributed by atoms with Crippen molar-refractivity contribution in [2.45, 2.75) is 13.5 Å². The average Bonchev–Trinajstić information content (AvgIpc) is 2.78. The Morgan fingerprint density at radius 3 is 2.65 bits per heavy atom. The zero-order valence-electron chi connectivity index (χ0n) is 10.7. The van der Waals surface area contributed by atoms with Crippen LogP contribution in [0.3, 0.4) is 0 Å². The molecular formula is C12H13N5O3. The molecule has 0 aliphatic carbocycles. The summed E-state index contributed by atoms with van der Waals surface area (Å²) in [5.74, 6) is -1.00. The van der Waals surface area contributed by atoms with E-state index in [0.717, 1.165) is 5.69 Å². The summed E-state index contributed by atoms with van der Waals surface area (Å²) < 4.78 is 1.21. The number of nitrogens with one attached hydrogen (secondary N) is 2. The molecule has 104 valence electrons. The van der Waals surface area contributed by atoms with E-state index in [-0.39, 0.29) is 6.54 Å². The number of carbonyl (C=O) groups excluding carboxylic acids is 1. The molecule has 0 spiro atoms. The van der Waals surface area contributed by atoms with Crippen molar-refractivity contribution in [2.24, 2.45) is 0 Å². The third-order valence-electron chi connectivity index (χ3n) is 2.36. The number of carboxylic acids is 1. The summed E-state index contributed by atoms with van der Waals surface area (Å²) in [6, 6.07) is 3.06. The number of urea groups is 1. The first kappa shape index (κ1) is 13.5.